The van der Waals surface area contributed by atoms with Crippen molar-refractivity contribution in [1.29, 1.82) is 0 Å². The number of nitrogens with one attached hydrogen (secondary N) is 1. The number of hydrogen-bond acceptors (Lipinski definition) is 2. The minimum Gasteiger partial charge on any atom is -0.314 e. The summed E-state index contributed by atoms with van der Waals surface area (Å²) in [6, 6.07) is 1.27. The van der Waals surface area contributed by atoms with Gasteiger partial charge in [0.1, 0.15) is 0 Å². The molecule has 0 aliphatic heterocycles. The molecule has 212 valence electrons. The van der Waals surface area contributed by atoms with Gasteiger partial charge in [0.25, 0.3) is 0 Å². The van der Waals surface area contributed by atoms with Gasteiger partial charge in [-0.15, -0.1) is 6.58 Å². The fraction of sp³-hybridized carbons (Fsp3) is 0.941. The Bertz CT molecular complexity index is 586. The summed E-state index contributed by atoms with van der Waals surface area (Å²) in [4.78, 5) is 2.68. The van der Waals surface area contributed by atoms with E-state index in [0.29, 0.717) is 12.0 Å². The van der Waals surface area contributed by atoms with Gasteiger partial charge in [-0.3, -0.25) is 0 Å². The van der Waals surface area contributed by atoms with Gasteiger partial charge in [-0.25, -0.2) is 0 Å². The van der Waals surface area contributed by atoms with Gasteiger partial charge < -0.3 is 10.2 Å². The number of nitrogens with zero attached hydrogens (tertiary/aromatic N) is 1. The van der Waals surface area contributed by atoms with Gasteiger partial charge in [-0.2, -0.15) is 0 Å². The van der Waals surface area contributed by atoms with Crippen molar-refractivity contribution in [3.8, 4) is 0 Å². The molecule has 2 aliphatic carbocycles. The van der Waals surface area contributed by atoms with E-state index in [2.05, 4.69) is 78.4 Å². The first-order valence-electron chi connectivity index (χ1n) is 16.3. The van der Waals surface area contributed by atoms with E-state index in [1.807, 2.05) is 0 Å². The lowest BCUT2D eigenvalue weighted by molar-refractivity contribution is 0.0700. The van der Waals surface area contributed by atoms with Gasteiger partial charge in [-0.1, -0.05) is 79.7 Å². The molecule has 0 radical (unpaired) electrons. The van der Waals surface area contributed by atoms with Crippen LogP contribution in [0.5, 0.6) is 0 Å². The molecule has 0 bridgehead atoms. The minimum absolute atomic E-state index is 0.526. The molecule has 36 heavy (non-hydrogen) atoms. The maximum atomic E-state index is 4.36. The Labute approximate surface area is 227 Å². The molecule has 2 rings (SSSR count). The Morgan fingerprint density at radius 1 is 0.944 bits per heavy atom. The Morgan fingerprint density at radius 3 is 2.25 bits per heavy atom. The molecule has 0 heterocycles. The molecule has 1 N–H and O–H groups in total. The Kier molecular flexibility index (Phi) is 14.7. The van der Waals surface area contributed by atoms with Gasteiger partial charge in [0.15, 0.2) is 0 Å². The molecule has 2 fully saturated rings. The SMILES string of the molecule is C=CC(C(C)NCCCC(C(C)C)C1CCCCC1C)C1CC(C(CC)N(C)CCCC)CCC1C. The molecule has 0 aromatic heterocycles. The van der Waals surface area contributed by atoms with Crippen LogP contribution in [0.1, 0.15) is 126 Å². The number of unbranched alkanes of at least 4 members (excludes halogenated alkanes) is 1. The molecule has 0 saturated heterocycles. The third-order valence-electron chi connectivity index (χ3n) is 10.8. The van der Waals surface area contributed by atoms with Crippen molar-refractivity contribution >= 4 is 0 Å². The highest BCUT2D eigenvalue weighted by Crippen LogP contribution is 2.43. The normalized spacial score (nSPS) is 30.8. The fourth-order valence-corrected chi connectivity index (χ4v) is 8.43. The van der Waals surface area contributed by atoms with E-state index < -0.39 is 0 Å². The maximum absolute atomic E-state index is 4.36. The van der Waals surface area contributed by atoms with Crippen molar-refractivity contribution in [2.75, 3.05) is 20.1 Å². The smallest absolute Gasteiger partial charge is 0.0118 e. The van der Waals surface area contributed by atoms with Crippen molar-refractivity contribution in [3.05, 3.63) is 12.7 Å². The van der Waals surface area contributed by atoms with Gasteiger partial charge in [-0.05, 0) is 119 Å². The summed E-state index contributed by atoms with van der Waals surface area (Å²) in [5, 5.41) is 3.99. The van der Waals surface area contributed by atoms with Crippen LogP contribution in [0, 0.1) is 47.3 Å². The van der Waals surface area contributed by atoms with Crippen LogP contribution in [0.2, 0.25) is 0 Å². The summed E-state index contributed by atoms with van der Waals surface area (Å²) in [6.45, 7) is 23.9. The van der Waals surface area contributed by atoms with Crippen LogP contribution in [0.25, 0.3) is 0 Å². The van der Waals surface area contributed by atoms with Crippen LogP contribution in [0.3, 0.4) is 0 Å². The molecule has 0 aromatic rings. The second kappa shape index (κ2) is 16.6. The van der Waals surface area contributed by atoms with E-state index in [0.717, 1.165) is 54.0 Å². The van der Waals surface area contributed by atoms with E-state index in [4.69, 9.17) is 0 Å². The summed E-state index contributed by atoms with van der Waals surface area (Å²) in [6.07, 6.45) is 19.0. The highest BCUT2D eigenvalue weighted by atomic mass is 15.1. The van der Waals surface area contributed by atoms with Crippen LogP contribution in [-0.2, 0) is 0 Å². The molecular weight excluding hydrogens is 436 g/mol. The van der Waals surface area contributed by atoms with Crippen molar-refractivity contribution < 1.29 is 0 Å². The first kappa shape index (κ1) is 31.9. The molecule has 2 aliphatic rings. The number of hydrogen-bond donors (Lipinski definition) is 1. The molecule has 2 heteroatoms. The second-order valence-electron chi connectivity index (χ2n) is 13.6. The predicted octanol–water partition coefficient (Wildman–Crippen LogP) is 9.21. The van der Waals surface area contributed by atoms with Crippen molar-refractivity contribution in [1.82, 2.24) is 10.2 Å². The van der Waals surface area contributed by atoms with E-state index in [-0.39, 0.29) is 0 Å². The van der Waals surface area contributed by atoms with Crippen molar-refractivity contribution in [2.45, 2.75) is 138 Å². The quantitative estimate of drug-likeness (QED) is 0.167. The van der Waals surface area contributed by atoms with E-state index in [1.165, 1.54) is 83.6 Å². The predicted molar refractivity (Wildman–Crippen MR) is 161 cm³/mol. The molecular formula is C34H66N2. The highest BCUT2D eigenvalue weighted by molar-refractivity contribution is 4.97. The third kappa shape index (κ3) is 9.14. The highest BCUT2D eigenvalue weighted by Gasteiger charge is 2.37. The first-order valence-corrected chi connectivity index (χ1v) is 16.3. The lowest BCUT2D eigenvalue weighted by Crippen LogP contribution is -2.45. The topological polar surface area (TPSA) is 15.3 Å². The number of rotatable bonds is 16. The van der Waals surface area contributed by atoms with Crippen LogP contribution in [-0.4, -0.2) is 37.1 Å². The average molecular weight is 503 g/mol. The lowest BCUT2D eigenvalue weighted by atomic mass is 9.65. The Hall–Kier alpha value is -0.340. The van der Waals surface area contributed by atoms with Crippen molar-refractivity contribution in [2.24, 2.45) is 47.3 Å². The van der Waals surface area contributed by atoms with E-state index in [9.17, 15) is 0 Å². The summed E-state index contributed by atoms with van der Waals surface area (Å²) in [7, 11) is 2.38. The summed E-state index contributed by atoms with van der Waals surface area (Å²) in [5.41, 5.74) is 0. The maximum Gasteiger partial charge on any atom is 0.0118 e. The molecule has 0 spiro atoms. The Morgan fingerprint density at radius 2 is 1.64 bits per heavy atom. The lowest BCUT2D eigenvalue weighted by Gasteiger charge is -2.45. The van der Waals surface area contributed by atoms with Crippen LogP contribution >= 0.6 is 0 Å². The van der Waals surface area contributed by atoms with E-state index in [1.54, 1.807) is 0 Å². The zero-order chi connectivity index (χ0) is 26.7. The molecule has 0 amide bonds. The zero-order valence-electron chi connectivity index (χ0n) is 25.9. The average Bonchev–Trinajstić information content (AvgIpc) is 2.85. The van der Waals surface area contributed by atoms with E-state index >= 15 is 0 Å². The fourth-order valence-electron chi connectivity index (χ4n) is 8.43. The molecule has 9 unspecified atom stereocenters. The van der Waals surface area contributed by atoms with Gasteiger partial charge >= 0.3 is 0 Å². The Balaban J connectivity index is 1.90. The largest absolute Gasteiger partial charge is 0.314 e. The molecule has 2 saturated carbocycles. The monoisotopic (exact) mass is 503 g/mol. The third-order valence-corrected chi connectivity index (χ3v) is 10.8. The standard InChI is InChI=1S/C34H66N2/c1-10-13-23-36(9)34(12-3)29-21-20-27(7)33(24-29)30(11-2)28(8)35-22-16-19-31(25(4)5)32-18-15-14-17-26(32)6/h11,25-35H,2,10,12-24H2,1,3-9H3. The second-order valence-corrected chi connectivity index (χ2v) is 13.6. The summed E-state index contributed by atoms with van der Waals surface area (Å²) in [5.74, 6) is 6.61. The van der Waals surface area contributed by atoms with Gasteiger partial charge in [0.05, 0.1) is 0 Å². The molecule has 2 nitrogen and oxygen atoms in total. The summed E-state index contributed by atoms with van der Waals surface area (Å²) >= 11 is 0. The summed E-state index contributed by atoms with van der Waals surface area (Å²) < 4.78 is 0. The zero-order valence-corrected chi connectivity index (χ0v) is 25.9. The minimum atomic E-state index is 0.526. The van der Waals surface area contributed by atoms with Crippen molar-refractivity contribution in [3.63, 3.8) is 0 Å². The molecule has 9 atom stereocenters. The van der Waals surface area contributed by atoms with Crippen LogP contribution in [0.15, 0.2) is 12.7 Å². The van der Waals surface area contributed by atoms with Gasteiger partial charge in [0, 0.05) is 12.1 Å². The van der Waals surface area contributed by atoms with Crippen LogP contribution < -0.4 is 5.32 Å². The van der Waals surface area contributed by atoms with Crippen LogP contribution in [0.4, 0.5) is 0 Å². The molecule has 0 aromatic carbocycles. The van der Waals surface area contributed by atoms with Gasteiger partial charge in [0.2, 0.25) is 0 Å². The first-order chi connectivity index (χ1) is 17.2.